The zero-order chi connectivity index (χ0) is 20.6. The number of esters is 1. The molecule has 3 aromatic rings. The smallest absolute Gasteiger partial charge is 0.331 e. The van der Waals surface area contributed by atoms with Crippen molar-refractivity contribution in [2.45, 2.75) is 6.61 Å². The monoisotopic (exact) mass is 408 g/mol. The number of hydrogen-bond acceptors (Lipinski definition) is 6. The standard InChI is InChI=1S/C22H17ClN2O4/c1-27-20-12-15(6-8-19(20)28-11-10-24)7-9-21(26)29-14-17-13-16-4-2-3-5-18(16)25-22(17)23/h2-9,12-13H,11,14H2,1H3/b9-7+. The Kier molecular flexibility index (Phi) is 6.67. The summed E-state index contributed by atoms with van der Waals surface area (Å²) in [4.78, 5) is 16.4. The summed E-state index contributed by atoms with van der Waals surface area (Å²) in [7, 11) is 1.50. The zero-order valence-corrected chi connectivity index (χ0v) is 16.3. The third-order valence-electron chi connectivity index (χ3n) is 4.01. The molecule has 29 heavy (non-hydrogen) atoms. The first-order valence-corrected chi connectivity index (χ1v) is 9.05. The minimum atomic E-state index is -0.516. The van der Waals surface area contributed by atoms with Crippen molar-refractivity contribution < 1.29 is 19.0 Å². The van der Waals surface area contributed by atoms with Crippen LogP contribution in [0.1, 0.15) is 11.1 Å². The number of carbonyl (C=O) groups is 1. The number of benzene rings is 2. The van der Waals surface area contributed by atoms with Crippen molar-refractivity contribution in [3.63, 3.8) is 0 Å². The Bertz CT molecular complexity index is 1110. The van der Waals surface area contributed by atoms with E-state index in [0.29, 0.717) is 27.8 Å². The maximum absolute atomic E-state index is 12.1. The number of rotatable bonds is 7. The van der Waals surface area contributed by atoms with Gasteiger partial charge in [0.15, 0.2) is 18.1 Å². The summed E-state index contributed by atoms with van der Waals surface area (Å²) in [5.74, 6) is 0.398. The van der Waals surface area contributed by atoms with E-state index in [1.165, 1.54) is 13.2 Å². The number of methoxy groups -OCH3 is 1. The third kappa shape index (κ3) is 5.24. The number of nitrogens with zero attached hydrogens (tertiary/aromatic N) is 2. The van der Waals surface area contributed by atoms with E-state index < -0.39 is 5.97 Å². The number of ether oxygens (including phenoxy) is 3. The number of carbonyl (C=O) groups excluding carboxylic acids is 1. The Morgan fingerprint density at radius 2 is 2.03 bits per heavy atom. The molecule has 0 atom stereocenters. The molecule has 0 bridgehead atoms. The molecule has 0 fully saturated rings. The number of para-hydroxylation sites is 1. The molecular formula is C22H17ClN2O4. The summed E-state index contributed by atoms with van der Waals surface area (Å²) in [6.45, 7) is -0.0613. The van der Waals surface area contributed by atoms with Crippen molar-refractivity contribution in [1.29, 1.82) is 5.26 Å². The quantitative estimate of drug-likeness (QED) is 0.324. The van der Waals surface area contributed by atoms with Crippen LogP contribution in [0.25, 0.3) is 17.0 Å². The SMILES string of the molecule is COc1cc(/C=C/C(=O)OCc2cc3ccccc3nc2Cl)ccc1OCC#N. The van der Waals surface area contributed by atoms with Crippen molar-refractivity contribution in [3.05, 3.63) is 70.9 Å². The second-order valence-electron chi connectivity index (χ2n) is 5.93. The average molecular weight is 409 g/mol. The Morgan fingerprint density at radius 1 is 1.21 bits per heavy atom. The fraction of sp³-hybridized carbons (Fsp3) is 0.136. The minimum Gasteiger partial charge on any atom is -0.493 e. The van der Waals surface area contributed by atoms with Crippen LogP contribution < -0.4 is 9.47 Å². The Balaban J connectivity index is 1.64. The van der Waals surface area contributed by atoms with E-state index in [9.17, 15) is 4.79 Å². The van der Waals surface area contributed by atoms with E-state index >= 15 is 0 Å². The Hall–Kier alpha value is -3.56. The number of pyridine rings is 1. The van der Waals surface area contributed by atoms with Gasteiger partial charge in [-0.05, 0) is 35.9 Å². The van der Waals surface area contributed by atoms with Gasteiger partial charge in [-0.25, -0.2) is 9.78 Å². The fourth-order valence-corrected chi connectivity index (χ4v) is 2.82. The van der Waals surface area contributed by atoms with Crippen LogP contribution in [0.15, 0.2) is 54.6 Å². The van der Waals surface area contributed by atoms with Crippen LogP contribution in [-0.4, -0.2) is 24.7 Å². The largest absolute Gasteiger partial charge is 0.493 e. The highest BCUT2D eigenvalue weighted by molar-refractivity contribution is 6.30. The van der Waals surface area contributed by atoms with Crippen LogP contribution in [0.2, 0.25) is 5.15 Å². The number of fused-ring (bicyclic) bond motifs is 1. The molecule has 6 nitrogen and oxygen atoms in total. The molecule has 0 amide bonds. The van der Waals surface area contributed by atoms with Gasteiger partial charge >= 0.3 is 5.97 Å². The van der Waals surface area contributed by atoms with E-state index in [0.717, 1.165) is 10.9 Å². The lowest BCUT2D eigenvalue weighted by Gasteiger charge is -2.09. The highest BCUT2D eigenvalue weighted by Gasteiger charge is 2.08. The van der Waals surface area contributed by atoms with Crippen molar-refractivity contribution in [2.75, 3.05) is 13.7 Å². The summed E-state index contributed by atoms with van der Waals surface area (Å²) in [6.07, 6.45) is 2.91. The van der Waals surface area contributed by atoms with Crippen LogP contribution in [0.4, 0.5) is 0 Å². The van der Waals surface area contributed by atoms with Gasteiger partial charge in [0.1, 0.15) is 17.8 Å². The minimum absolute atomic E-state index is 0.0180. The first-order chi connectivity index (χ1) is 14.1. The van der Waals surface area contributed by atoms with Gasteiger partial charge in [-0.1, -0.05) is 35.9 Å². The fourth-order valence-electron chi connectivity index (χ4n) is 2.62. The molecule has 0 aliphatic heterocycles. The van der Waals surface area contributed by atoms with Gasteiger partial charge in [0.2, 0.25) is 0 Å². The van der Waals surface area contributed by atoms with E-state index in [2.05, 4.69) is 4.98 Å². The van der Waals surface area contributed by atoms with Gasteiger partial charge in [0.25, 0.3) is 0 Å². The van der Waals surface area contributed by atoms with Crippen LogP contribution in [0.3, 0.4) is 0 Å². The molecule has 1 aromatic heterocycles. The first-order valence-electron chi connectivity index (χ1n) is 8.67. The molecule has 0 saturated carbocycles. The zero-order valence-electron chi connectivity index (χ0n) is 15.6. The van der Waals surface area contributed by atoms with Crippen molar-refractivity contribution in [1.82, 2.24) is 4.98 Å². The third-order valence-corrected chi connectivity index (χ3v) is 4.34. The number of nitriles is 1. The van der Waals surface area contributed by atoms with Crippen molar-refractivity contribution >= 4 is 34.5 Å². The summed E-state index contributed by atoms with van der Waals surface area (Å²) in [5.41, 5.74) is 2.13. The molecule has 0 saturated heterocycles. The Morgan fingerprint density at radius 3 is 2.83 bits per heavy atom. The van der Waals surface area contributed by atoms with Gasteiger partial charge in [0.05, 0.1) is 12.6 Å². The molecule has 1 heterocycles. The molecule has 0 unspecified atom stereocenters. The summed E-state index contributed by atoms with van der Waals surface area (Å²) in [5, 5.41) is 9.83. The molecule has 0 spiro atoms. The molecule has 0 aliphatic carbocycles. The predicted octanol–water partition coefficient (Wildman–Crippen LogP) is 4.56. The van der Waals surface area contributed by atoms with Crippen LogP contribution in [0, 0.1) is 11.3 Å². The van der Waals surface area contributed by atoms with Gasteiger partial charge in [-0.2, -0.15) is 5.26 Å². The molecule has 0 aliphatic rings. The molecular weight excluding hydrogens is 392 g/mol. The number of halogens is 1. The highest BCUT2D eigenvalue weighted by Crippen LogP contribution is 2.28. The van der Waals surface area contributed by atoms with E-state index in [4.69, 9.17) is 31.1 Å². The lowest BCUT2D eigenvalue weighted by molar-refractivity contribution is -0.138. The maximum Gasteiger partial charge on any atom is 0.331 e. The summed E-state index contributed by atoms with van der Waals surface area (Å²) >= 11 is 6.18. The second-order valence-corrected chi connectivity index (χ2v) is 6.29. The molecule has 146 valence electrons. The summed E-state index contributed by atoms with van der Waals surface area (Å²) < 4.78 is 15.8. The molecule has 0 radical (unpaired) electrons. The molecule has 3 rings (SSSR count). The number of aromatic nitrogens is 1. The predicted molar refractivity (Wildman–Crippen MR) is 110 cm³/mol. The molecule has 7 heteroatoms. The lowest BCUT2D eigenvalue weighted by atomic mass is 10.1. The molecule has 2 aromatic carbocycles. The van der Waals surface area contributed by atoms with E-state index in [-0.39, 0.29) is 13.2 Å². The average Bonchev–Trinajstić information content (AvgIpc) is 2.74. The lowest BCUT2D eigenvalue weighted by Crippen LogP contribution is -2.02. The number of hydrogen-bond donors (Lipinski definition) is 0. The van der Waals surface area contributed by atoms with Crippen LogP contribution in [-0.2, 0) is 16.1 Å². The van der Waals surface area contributed by atoms with Crippen molar-refractivity contribution in [3.8, 4) is 17.6 Å². The topological polar surface area (TPSA) is 81.4 Å². The van der Waals surface area contributed by atoms with E-state index in [1.807, 2.05) is 36.4 Å². The van der Waals surface area contributed by atoms with Crippen LogP contribution in [0.5, 0.6) is 11.5 Å². The molecule has 0 N–H and O–H groups in total. The normalized spacial score (nSPS) is 10.7. The van der Waals surface area contributed by atoms with Crippen molar-refractivity contribution in [2.24, 2.45) is 0 Å². The van der Waals surface area contributed by atoms with Gasteiger partial charge in [0, 0.05) is 17.0 Å². The summed E-state index contributed by atoms with van der Waals surface area (Å²) in [6, 6.07) is 16.4. The second kappa shape index (κ2) is 9.58. The highest BCUT2D eigenvalue weighted by atomic mass is 35.5. The first kappa shape index (κ1) is 20.2. The van der Waals surface area contributed by atoms with Gasteiger partial charge in [-0.3, -0.25) is 0 Å². The maximum atomic E-state index is 12.1. The van der Waals surface area contributed by atoms with Crippen LogP contribution >= 0.6 is 11.6 Å². The van der Waals surface area contributed by atoms with Gasteiger partial charge < -0.3 is 14.2 Å². The Labute approximate surface area is 172 Å². The van der Waals surface area contributed by atoms with Gasteiger partial charge in [-0.15, -0.1) is 0 Å². The van der Waals surface area contributed by atoms with E-state index in [1.54, 1.807) is 24.3 Å².